The molecule has 0 aliphatic rings. The van der Waals surface area contributed by atoms with Gasteiger partial charge in [-0.15, -0.1) is 0 Å². The van der Waals surface area contributed by atoms with Crippen molar-refractivity contribution in [3.63, 3.8) is 0 Å². The summed E-state index contributed by atoms with van der Waals surface area (Å²) in [6, 6.07) is 2.87. The van der Waals surface area contributed by atoms with Gasteiger partial charge in [0.1, 0.15) is 5.75 Å². The maximum absolute atomic E-state index is 12.1. The summed E-state index contributed by atoms with van der Waals surface area (Å²) >= 11 is 6.20. The Hall–Kier alpha value is -0.690. The third-order valence-electron chi connectivity index (χ3n) is 1.66. The zero-order valence-corrected chi connectivity index (χ0v) is 10.9. The molecule has 0 fully saturated rings. The van der Waals surface area contributed by atoms with E-state index in [1.165, 1.54) is 6.07 Å². The van der Waals surface area contributed by atoms with Crippen LogP contribution in [0.15, 0.2) is 21.1 Å². The predicted octanol–water partition coefficient (Wildman–Crippen LogP) is 3.44. The van der Waals surface area contributed by atoms with Gasteiger partial charge in [-0.25, -0.2) is 0 Å². The van der Waals surface area contributed by atoms with E-state index in [0.717, 1.165) is 0 Å². The number of benzene rings is 1. The minimum absolute atomic E-state index is 0.154. The number of alkyl halides is 2. The van der Waals surface area contributed by atoms with Crippen molar-refractivity contribution in [3.05, 3.63) is 26.6 Å². The first-order chi connectivity index (χ1) is 7.40. The summed E-state index contributed by atoms with van der Waals surface area (Å²) in [5.74, 6) is -1.28. The summed E-state index contributed by atoms with van der Waals surface area (Å²) in [5, 5.41) is 8.64. The molecule has 0 aliphatic carbocycles. The van der Waals surface area contributed by atoms with Gasteiger partial charge in [0.25, 0.3) is 0 Å². The molecule has 0 bridgehead atoms. The lowest BCUT2D eigenvalue weighted by molar-refractivity contribution is -0.136. The van der Waals surface area contributed by atoms with Gasteiger partial charge in [-0.1, -0.05) is 31.9 Å². The Morgan fingerprint density at radius 3 is 2.56 bits per heavy atom. The zero-order valence-electron chi connectivity index (χ0n) is 7.71. The zero-order chi connectivity index (χ0) is 12.3. The van der Waals surface area contributed by atoms with Gasteiger partial charge in [0.15, 0.2) is 0 Å². The van der Waals surface area contributed by atoms with Crippen molar-refractivity contribution in [1.29, 1.82) is 0 Å². The minimum Gasteiger partial charge on any atom is -0.481 e. The lowest BCUT2D eigenvalue weighted by atomic mass is 10.1. The molecular weight excluding hydrogens is 354 g/mol. The molecule has 0 saturated carbocycles. The number of carbonyl (C=O) groups is 1. The Kier molecular flexibility index (Phi) is 4.67. The molecule has 0 saturated heterocycles. The number of rotatable bonds is 4. The third kappa shape index (κ3) is 3.71. The fourth-order valence-electron chi connectivity index (χ4n) is 1.10. The van der Waals surface area contributed by atoms with Crippen LogP contribution in [-0.2, 0) is 11.2 Å². The fraction of sp³-hybridized carbons (Fsp3) is 0.222. The molecule has 0 atom stereocenters. The second-order valence-electron chi connectivity index (χ2n) is 2.81. The average molecular weight is 360 g/mol. The van der Waals surface area contributed by atoms with E-state index in [1.54, 1.807) is 6.07 Å². The second-order valence-corrected chi connectivity index (χ2v) is 4.58. The van der Waals surface area contributed by atoms with E-state index in [0.29, 0.717) is 8.95 Å². The lowest BCUT2D eigenvalue weighted by Crippen LogP contribution is -2.08. The topological polar surface area (TPSA) is 46.5 Å². The van der Waals surface area contributed by atoms with Crippen molar-refractivity contribution in [2.45, 2.75) is 13.0 Å². The molecule has 0 spiro atoms. The van der Waals surface area contributed by atoms with Gasteiger partial charge in [-0.2, -0.15) is 8.78 Å². The maximum Gasteiger partial charge on any atom is 0.387 e. The number of ether oxygens (including phenoxy) is 1. The number of aliphatic carboxylic acids is 1. The van der Waals surface area contributed by atoms with Crippen LogP contribution in [0.25, 0.3) is 0 Å². The van der Waals surface area contributed by atoms with Crippen LogP contribution in [0, 0.1) is 0 Å². The van der Waals surface area contributed by atoms with E-state index in [-0.39, 0.29) is 11.3 Å². The van der Waals surface area contributed by atoms with Gasteiger partial charge >= 0.3 is 12.6 Å². The quantitative estimate of drug-likeness (QED) is 0.895. The van der Waals surface area contributed by atoms with Crippen LogP contribution in [0.2, 0.25) is 0 Å². The normalized spacial score (nSPS) is 10.6. The summed E-state index contributed by atoms with van der Waals surface area (Å²) in [6.07, 6.45) is -0.393. The van der Waals surface area contributed by atoms with E-state index >= 15 is 0 Å². The monoisotopic (exact) mass is 358 g/mol. The van der Waals surface area contributed by atoms with Gasteiger partial charge in [0.2, 0.25) is 0 Å². The summed E-state index contributed by atoms with van der Waals surface area (Å²) < 4.78 is 29.4. The Balaban J connectivity index is 3.15. The van der Waals surface area contributed by atoms with Gasteiger partial charge < -0.3 is 9.84 Å². The van der Waals surface area contributed by atoms with E-state index in [9.17, 15) is 13.6 Å². The van der Waals surface area contributed by atoms with E-state index in [1.807, 2.05) is 0 Å². The summed E-state index contributed by atoms with van der Waals surface area (Å²) in [4.78, 5) is 10.6. The van der Waals surface area contributed by atoms with Crippen molar-refractivity contribution in [1.82, 2.24) is 0 Å². The molecule has 3 nitrogen and oxygen atoms in total. The van der Waals surface area contributed by atoms with Crippen LogP contribution in [0.5, 0.6) is 5.75 Å². The molecule has 88 valence electrons. The number of hydrogen-bond acceptors (Lipinski definition) is 2. The third-order valence-corrected chi connectivity index (χ3v) is 2.83. The van der Waals surface area contributed by atoms with Crippen molar-refractivity contribution < 1.29 is 23.4 Å². The highest BCUT2D eigenvalue weighted by molar-refractivity contribution is 9.11. The smallest absolute Gasteiger partial charge is 0.387 e. The molecule has 0 unspecified atom stereocenters. The summed E-state index contributed by atoms with van der Waals surface area (Å²) in [7, 11) is 0. The molecule has 0 radical (unpaired) electrons. The fourth-order valence-corrected chi connectivity index (χ4v) is 2.43. The van der Waals surface area contributed by atoms with Crippen LogP contribution < -0.4 is 4.74 Å². The Morgan fingerprint density at radius 1 is 1.44 bits per heavy atom. The largest absolute Gasteiger partial charge is 0.481 e. The first kappa shape index (κ1) is 13.4. The number of halogens is 4. The molecule has 0 amide bonds. The van der Waals surface area contributed by atoms with Gasteiger partial charge in [0, 0.05) is 14.5 Å². The minimum atomic E-state index is -2.99. The number of hydrogen-bond donors (Lipinski definition) is 1. The lowest BCUT2D eigenvalue weighted by Gasteiger charge is -2.11. The van der Waals surface area contributed by atoms with Gasteiger partial charge in [-0.3, -0.25) is 4.79 Å². The van der Waals surface area contributed by atoms with Crippen molar-refractivity contribution in [2.24, 2.45) is 0 Å². The number of carboxylic acid groups (broad SMARTS) is 1. The SMILES string of the molecule is O=C(O)Cc1c(Br)cc(Br)cc1OC(F)F. The highest BCUT2D eigenvalue weighted by Gasteiger charge is 2.16. The molecular formula is C9H6Br2F2O3. The molecule has 1 aromatic rings. The Labute approximate surface area is 107 Å². The molecule has 0 heterocycles. The molecule has 0 aliphatic heterocycles. The van der Waals surface area contributed by atoms with Crippen LogP contribution >= 0.6 is 31.9 Å². The van der Waals surface area contributed by atoms with Gasteiger partial charge in [0.05, 0.1) is 6.42 Å². The summed E-state index contributed by atoms with van der Waals surface area (Å²) in [5.41, 5.74) is 0.177. The second kappa shape index (κ2) is 5.58. The molecule has 1 rings (SSSR count). The first-order valence-electron chi connectivity index (χ1n) is 4.04. The average Bonchev–Trinajstić information content (AvgIpc) is 2.09. The van der Waals surface area contributed by atoms with Gasteiger partial charge in [-0.05, 0) is 12.1 Å². The Morgan fingerprint density at radius 2 is 2.06 bits per heavy atom. The molecule has 0 aromatic heterocycles. The molecule has 16 heavy (non-hydrogen) atoms. The first-order valence-corrected chi connectivity index (χ1v) is 5.63. The highest BCUT2D eigenvalue weighted by Crippen LogP contribution is 2.32. The van der Waals surface area contributed by atoms with Crippen LogP contribution in [0.3, 0.4) is 0 Å². The molecule has 1 aromatic carbocycles. The summed E-state index contributed by atoms with van der Waals surface area (Å²) in [6.45, 7) is -2.99. The van der Waals surface area contributed by atoms with E-state index in [2.05, 4.69) is 36.6 Å². The van der Waals surface area contributed by atoms with Crippen molar-refractivity contribution in [3.8, 4) is 5.75 Å². The van der Waals surface area contributed by atoms with E-state index < -0.39 is 19.0 Å². The van der Waals surface area contributed by atoms with E-state index in [4.69, 9.17) is 5.11 Å². The molecule has 7 heteroatoms. The van der Waals surface area contributed by atoms with Crippen molar-refractivity contribution >= 4 is 37.8 Å². The molecule has 1 N–H and O–H groups in total. The Bertz CT molecular complexity index is 410. The predicted molar refractivity (Wildman–Crippen MR) is 59.8 cm³/mol. The highest BCUT2D eigenvalue weighted by atomic mass is 79.9. The maximum atomic E-state index is 12.1. The van der Waals surface area contributed by atoms with Crippen LogP contribution in [-0.4, -0.2) is 17.7 Å². The van der Waals surface area contributed by atoms with Crippen LogP contribution in [0.4, 0.5) is 8.78 Å². The standard InChI is InChI=1S/C9H6Br2F2O3/c10-4-1-6(11)5(3-8(14)15)7(2-4)16-9(12)13/h1-2,9H,3H2,(H,14,15). The van der Waals surface area contributed by atoms with Crippen molar-refractivity contribution in [2.75, 3.05) is 0 Å². The number of carboxylic acids is 1. The van der Waals surface area contributed by atoms with Crippen LogP contribution in [0.1, 0.15) is 5.56 Å².